The minimum absolute atomic E-state index is 0.652. The van der Waals surface area contributed by atoms with Gasteiger partial charge in [-0.3, -0.25) is 5.10 Å². The number of hydrogen-bond donors (Lipinski definition) is 2. The Kier molecular flexibility index (Phi) is 2.45. The van der Waals surface area contributed by atoms with E-state index in [1.165, 1.54) is 0 Å². The molecule has 20 heavy (non-hydrogen) atoms. The van der Waals surface area contributed by atoms with E-state index in [1.807, 2.05) is 42.6 Å². The maximum Gasteiger partial charge on any atom is 0.134 e. The van der Waals surface area contributed by atoms with Crippen molar-refractivity contribution in [2.24, 2.45) is 0 Å². The summed E-state index contributed by atoms with van der Waals surface area (Å²) in [6.07, 6.45) is 1.83. The average molecular weight is 263 g/mol. The summed E-state index contributed by atoms with van der Waals surface area (Å²) >= 11 is 0. The van der Waals surface area contributed by atoms with Crippen LogP contribution in [0.25, 0.3) is 21.9 Å². The maximum atomic E-state index is 5.80. The van der Waals surface area contributed by atoms with Gasteiger partial charge in [0.1, 0.15) is 11.3 Å². The van der Waals surface area contributed by atoms with Crippen LogP contribution in [0.4, 0.5) is 5.69 Å². The van der Waals surface area contributed by atoms with Gasteiger partial charge in [0.05, 0.1) is 18.3 Å². The van der Waals surface area contributed by atoms with Gasteiger partial charge in [0.15, 0.2) is 0 Å². The highest BCUT2D eigenvalue weighted by Gasteiger charge is 2.05. The normalized spacial score (nSPS) is 11.2. The minimum atomic E-state index is 0.652. The quantitative estimate of drug-likeness (QED) is 0.589. The van der Waals surface area contributed by atoms with E-state index in [1.54, 1.807) is 0 Å². The first-order valence-corrected chi connectivity index (χ1v) is 6.53. The molecule has 0 saturated carbocycles. The summed E-state index contributed by atoms with van der Waals surface area (Å²) in [5, 5.41) is 12.6. The molecule has 4 rings (SSSR count). The van der Waals surface area contributed by atoms with Crippen molar-refractivity contribution in [2.45, 2.75) is 6.54 Å². The van der Waals surface area contributed by atoms with Crippen LogP contribution in [0.15, 0.2) is 59.1 Å². The average Bonchev–Trinajstić information content (AvgIpc) is 3.11. The molecule has 2 aromatic heterocycles. The third-order valence-electron chi connectivity index (χ3n) is 3.41. The summed E-state index contributed by atoms with van der Waals surface area (Å²) in [4.78, 5) is 0. The smallest absolute Gasteiger partial charge is 0.134 e. The molecule has 0 aliphatic rings. The molecule has 98 valence electrons. The molecule has 4 nitrogen and oxygen atoms in total. The molecule has 0 amide bonds. The number of furan rings is 1. The number of H-pyrrole nitrogens is 1. The van der Waals surface area contributed by atoms with Gasteiger partial charge in [-0.15, -0.1) is 0 Å². The lowest BCUT2D eigenvalue weighted by atomic mass is 10.2. The monoisotopic (exact) mass is 263 g/mol. The fourth-order valence-corrected chi connectivity index (χ4v) is 2.43. The van der Waals surface area contributed by atoms with Crippen LogP contribution in [-0.4, -0.2) is 10.2 Å². The summed E-state index contributed by atoms with van der Waals surface area (Å²) in [5.41, 5.74) is 3.00. The lowest BCUT2D eigenvalue weighted by molar-refractivity contribution is 0.559. The molecular formula is C16H13N3O. The topological polar surface area (TPSA) is 53.9 Å². The van der Waals surface area contributed by atoms with Crippen LogP contribution in [-0.2, 0) is 6.54 Å². The number of rotatable bonds is 3. The number of nitrogens with one attached hydrogen (secondary N) is 2. The Morgan fingerprint density at radius 2 is 2.05 bits per heavy atom. The first kappa shape index (κ1) is 11.1. The lowest BCUT2D eigenvalue weighted by Gasteiger charge is -2.05. The zero-order chi connectivity index (χ0) is 13.4. The summed E-state index contributed by atoms with van der Waals surface area (Å²) in [7, 11) is 0. The molecule has 2 heterocycles. The number of para-hydroxylation sites is 1. The van der Waals surface area contributed by atoms with Crippen LogP contribution < -0.4 is 5.32 Å². The number of aromatic amines is 1. The Labute approximate surface area is 115 Å². The van der Waals surface area contributed by atoms with Crippen LogP contribution in [0, 0.1) is 0 Å². The maximum absolute atomic E-state index is 5.80. The molecule has 4 aromatic rings. The summed E-state index contributed by atoms with van der Waals surface area (Å²) in [6.45, 7) is 0.652. The van der Waals surface area contributed by atoms with E-state index in [0.29, 0.717) is 6.54 Å². The van der Waals surface area contributed by atoms with E-state index in [4.69, 9.17) is 4.42 Å². The van der Waals surface area contributed by atoms with Gasteiger partial charge in [0.25, 0.3) is 0 Å². The van der Waals surface area contributed by atoms with Gasteiger partial charge >= 0.3 is 0 Å². The van der Waals surface area contributed by atoms with E-state index in [0.717, 1.165) is 33.3 Å². The highest BCUT2D eigenvalue weighted by molar-refractivity contribution is 5.90. The molecule has 0 bridgehead atoms. The second-order valence-corrected chi connectivity index (χ2v) is 4.74. The first-order valence-electron chi connectivity index (χ1n) is 6.53. The Hall–Kier alpha value is -2.75. The van der Waals surface area contributed by atoms with Gasteiger partial charge in [-0.2, -0.15) is 5.10 Å². The van der Waals surface area contributed by atoms with Crippen molar-refractivity contribution in [1.29, 1.82) is 0 Å². The molecule has 0 atom stereocenters. The van der Waals surface area contributed by atoms with Crippen molar-refractivity contribution in [3.63, 3.8) is 0 Å². The molecule has 0 aliphatic heterocycles. The molecule has 4 heteroatoms. The molecule has 0 saturated heterocycles. The number of anilines is 1. The van der Waals surface area contributed by atoms with Crippen LogP contribution in [0.1, 0.15) is 5.76 Å². The van der Waals surface area contributed by atoms with E-state index in [-0.39, 0.29) is 0 Å². The van der Waals surface area contributed by atoms with Gasteiger partial charge in [-0.1, -0.05) is 24.3 Å². The highest BCUT2D eigenvalue weighted by atomic mass is 16.3. The summed E-state index contributed by atoms with van der Waals surface area (Å²) in [6, 6.07) is 16.2. The second-order valence-electron chi connectivity index (χ2n) is 4.74. The Balaban J connectivity index is 1.62. The Morgan fingerprint density at radius 1 is 1.10 bits per heavy atom. The number of fused-ring (bicyclic) bond motifs is 2. The van der Waals surface area contributed by atoms with Crippen molar-refractivity contribution < 1.29 is 4.42 Å². The number of benzene rings is 2. The molecule has 0 spiro atoms. The highest BCUT2D eigenvalue weighted by Crippen LogP contribution is 2.23. The molecule has 2 N–H and O–H groups in total. The second kappa shape index (κ2) is 4.42. The SMILES string of the molecule is c1ccc2oc(CNc3cccc4[nH]ncc34)cc2c1. The van der Waals surface area contributed by atoms with Gasteiger partial charge in [-0.05, 0) is 24.3 Å². The Morgan fingerprint density at radius 3 is 3.00 bits per heavy atom. The van der Waals surface area contributed by atoms with E-state index < -0.39 is 0 Å². The van der Waals surface area contributed by atoms with E-state index in [2.05, 4.69) is 27.6 Å². The molecule has 0 aliphatic carbocycles. The van der Waals surface area contributed by atoms with Gasteiger partial charge in [0, 0.05) is 16.5 Å². The molecule has 0 radical (unpaired) electrons. The molecule has 0 unspecified atom stereocenters. The number of hydrogen-bond acceptors (Lipinski definition) is 3. The van der Waals surface area contributed by atoms with E-state index >= 15 is 0 Å². The largest absolute Gasteiger partial charge is 0.459 e. The third-order valence-corrected chi connectivity index (χ3v) is 3.41. The predicted molar refractivity (Wildman–Crippen MR) is 79.6 cm³/mol. The van der Waals surface area contributed by atoms with Crippen molar-refractivity contribution in [1.82, 2.24) is 10.2 Å². The van der Waals surface area contributed by atoms with Crippen LogP contribution >= 0.6 is 0 Å². The van der Waals surface area contributed by atoms with Crippen molar-refractivity contribution in [2.75, 3.05) is 5.32 Å². The van der Waals surface area contributed by atoms with Crippen molar-refractivity contribution in [3.8, 4) is 0 Å². The van der Waals surface area contributed by atoms with Crippen molar-refractivity contribution >= 4 is 27.6 Å². The number of aromatic nitrogens is 2. The third kappa shape index (κ3) is 1.82. The molecular weight excluding hydrogens is 250 g/mol. The van der Waals surface area contributed by atoms with Crippen LogP contribution in [0.2, 0.25) is 0 Å². The summed E-state index contributed by atoms with van der Waals surface area (Å²) < 4.78 is 5.80. The fourth-order valence-electron chi connectivity index (χ4n) is 2.43. The standard InChI is InChI=1S/C16H13N3O/c1-2-7-16-11(4-1)8-12(20-16)9-17-14-5-3-6-15-13(14)10-18-19-15/h1-8,10,17H,9H2,(H,18,19). The lowest BCUT2D eigenvalue weighted by Crippen LogP contribution is -1.98. The summed E-state index contributed by atoms with van der Waals surface area (Å²) in [5.74, 6) is 0.923. The Bertz CT molecular complexity index is 842. The van der Waals surface area contributed by atoms with Crippen LogP contribution in [0.5, 0.6) is 0 Å². The first-order chi connectivity index (χ1) is 9.90. The zero-order valence-electron chi connectivity index (χ0n) is 10.8. The predicted octanol–water partition coefficient (Wildman–Crippen LogP) is 3.92. The fraction of sp³-hybridized carbons (Fsp3) is 0.0625. The zero-order valence-corrected chi connectivity index (χ0v) is 10.8. The van der Waals surface area contributed by atoms with Crippen molar-refractivity contribution in [3.05, 3.63) is 60.5 Å². The van der Waals surface area contributed by atoms with Gasteiger partial charge in [-0.25, -0.2) is 0 Å². The van der Waals surface area contributed by atoms with E-state index in [9.17, 15) is 0 Å². The van der Waals surface area contributed by atoms with Gasteiger partial charge < -0.3 is 9.73 Å². The minimum Gasteiger partial charge on any atom is -0.459 e. The van der Waals surface area contributed by atoms with Crippen LogP contribution in [0.3, 0.4) is 0 Å². The molecule has 0 fully saturated rings. The van der Waals surface area contributed by atoms with Gasteiger partial charge in [0.2, 0.25) is 0 Å². The number of nitrogens with zero attached hydrogens (tertiary/aromatic N) is 1. The molecule has 2 aromatic carbocycles.